The standard InChI is InChI=1S/C40H52BrClN4O2/c1-31(2)37(38-44-36-29-34(42)23-24-35(36)40(48)46(38)30-32-19-11-9-12-20-32)45(27-17-8-6-4-3-5-7-15-25-41)28-18-16-26-43-39(47)33-21-13-10-14-22-33/h9-14,19-24,29,31,37H,3-8,15-18,25-28,30H2,1-2H3,(H,43,47)/t37-/m1/s1. The van der Waals surface area contributed by atoms with E-state index in [0.717, 1.165) is 49.1 Å². The predicted octanol–water partition coefficient (Wildman–Crippen LogP) is 9.82. The second-order valence-electron chi connectivity index (χ2n) is 13.1. The minimum Gasteiger partial charge on any atom is -0.352 e. The first-order chi connectivity index (χ1) is 23.4. The first kappa shape index (κ1) is 37.8. The van der Waals surface area contributed by atoms with E-state index in [1.165, 1.54) is 44.9 Å². The van der Waals surface area contributed by atoms with Crippen LogP contribution in [0.3, 0.4) is 0 Å². The highest BCUT2D eigenvalue weighted by molar-refractivity contribution is 9.09. The summed E-state index contributed by atoms with van der Waals surface area (Å²) >= 11 is 9.95. The second kappa shape index (κ2) is 20.5. The van der Waals surface area contributed by atoms with Crippen LogP contribution in [-0.4, -0.2) is 45.3 Å². The van der Waals surface area contributed by atoms with Gasteiger partial charge in [0.1, 0.15) is 5.82 Å². The first-order valence-electron chi connectivity index (χ1n) is 17.8. The fourth-order valence-corrected chi connectivity index (χ4v) is 7.00. The van der Waals surface area contributed by atoms with Gasteiger partial charge in [-0.05, 0) is 80.6 Å². The summed E-state index contributed by atoms with van der Waals surface area (Å²) in [6.07, 6.45) is 11.8. The van der Waals surface area contributed by atoms with Crippen molar-refractivity contribution >= 4 is 44.3 Å². The number of benzene rings is 3. The van der Waals surface area contributed by atoms with Gasteiger partial charge in [0.25, 0.3) is 11.5 Å². The lowest BCUT2D eigenvalue weighted by atomic mass is 9.99. The maximum absolute atomic E-state index is 14.1. The Labute approximate surface area is 300 Å². The monoisotopic (exact) mass is 734 g/mol. The van der Waals surface area contributed by atoms with E-state index in [1.54, 1.807) is 12.1 Å². The minimum atomic E-state index is -0.0621. The van der Waals surface area contributed by atoms with Gasteiger partial charge < -0.3 is 5.32 Å². The molecule has 1 aromatic heterocycles. The summed E-state index contributed by atoms with van der Waals surface area (Å²) in [7, 11) is 0. The molecular weight excluding hydrogens is 684 g/mol. The quantitative estimate of drug-likeness (QED) is 0.0684. The Morgan fingerprint density at radius 1 is 0.833 bits per heavy atom. The molecule has 4 aromatic rings. The Morgan fingerprint density at radius 2 is 1.44 bits per heavy atom. The smallest absolute Gasteiger partial charge is 0.261 e. The van der Waals surface area contributed by atoms with Crippen LogP contribution in [0.5, 0.6) is 0 Å². The molecule has 0 fully saturated rings. The molecule has 8 heteroatoms. The molecule has 6 nitrogen and oxygen atoms in total. The Balaban J connectivity index is 1.55. The van der Waals surface area contributed by atoms with Crippen LogP contribution in [0.4, 0.5) is 0 Å². The summed E-state index contributed by atoms with van der Waals surface area (Å²) in [4.78, 5) is 34.5. The average molecular weight is 736 g/mol. The van der Waals surface area contributed by atoms with Gasteiger partial charge >= 0.3 is 0 Å². The highest BCUT2D eigenvalue weighted by atomic mass is 79.9. The Kier molecular flexibility index (Phi) is 16.1. The lowest BCUT2D eigenvalue weighted by molar-refractivity contribution is 0.0951. The molecule has 0 radical (unpaired) electrons. The summed E-state index contributed by atoms with van der Waals surface area (Å²) in [6, 6.07) is 24.8. The summed E-state index contributed by atoms with van der Waals surface area (Å²) in [5.74, 6) is 0.962. The highest BCUT2D eigenvalue weighted by Gasteiger charge is 2.29. The molecule has 0 aliphatic rings. The van der Waals surface area contributed by atoms with Gasteiger partial charge in [0.2, 0.25) is 0 Å². The van der Waals surface area contributed by atoms with Crippen LogP contribution in [0.1, 0.15) is 106 Å². The largest absolute Gasteiger partial charge is 0.352 e. The average Bonchev–Trinajstić information content (AvgIpc) is 3.09. The van der Waals surface area contributed by atoms with Crippen molar-refractivity contribution in [2.24, 2.45) is 5.92 Å². The normalized spacial score (nSPS) is 12.2. The van der Waals surface area contributed by atoms with Crippen LogP contribution in [0.15, 0.2) is 83.7 Å². The van der Waals surface area contributed by atoms with Gasteiger partial charge in [-0.3, -0.25) is 19.1 Å². The molecule has 0 saturated heterocycles. The van der Waals surface area contributed by atoms with Gasteiger partial charge in [-0.15, -0.1) is 0 Å². The summed E-state index contributed by atoms with van der Waals surface area (Å²) in [5, 5.41) is 5.33. The molecular formula is C40H52BrClN4O2. The third-order valence-electron chi connectivity index (χ3n) is 8.94. The van der Waals surface area contributed by atoms with Gasteiger partial charge in [-0.2, -0.15) is 0 Å². The third-order valence-corrected chi connectivity index (χ3v) is 9.74. The SMILES string of the molecule is CC(C)[C@H](c1nc2cc(Cl)ccc2c(=O)n1Cc1ccccc1)N(CCCCCCCCCCBr)CCCCNC(=O)c1ccccc1. The molecule has 3 aromatic carbocycles. The molecule has 1 atom stereocenters. The van der Waals surface area contributed by atoms with Crippen molar-refractivity contribution in [3.63, 3.8) is 0 Å². The van der Waals surface area contributed by atoms with Crippen molar-refractivity contribution in [3.8, 4) is 0 Å². The fourth-order valence-electron chi connectivity index (χ4n) is 6.43. The number of rotatable bonds is 21. The lowest BCUT2D eigenvalue weighted by Gasteiger charge is -2.35. The van der Waals surface area contributed by atoms with Crippen molar-refractivity contribution in [1.82, 2.24) is 19.8 Å². The van der Waals surface area contributed by atoms with Crippen LogP contribution in [0.25, 0.3) is 10.9 Å². The number of amides is 1. The molecule has 0 aliphatic carbocycles. The van der Waals surface area contributed by atoms with Crippen LogP contribution in [0.2, 0.25) is 5.02 Å². The number of hydrogen-bond acceptors (Lipinski definition) is 4. The van der Waals surface area contributed by atoms with Crippen molar-refractivity contribution in [3.05, 3.63) is 111 Å². The van der Waals surface area contributed by atoms with E-state index in [2.05, 4.69) is 52.1 Å². The minimum absolute atomic E-state index is 0.0374. The second-order valence-corrected chi connectivity index (χ2v) is 14.3. The Bertz CT molecular complexity index is 1600. The zero-order chi connectivity index (χ0) is 34.1. The van der Waals surface area contributed by atoms with Gasteiger partial charge in [-0.25, -0.2) is 4.98 Å². The van der Waals surface area contributed by atoms with Crippen molar-refractivity contribution < 1.29 is 4.79 Å². The van der Waals surface area contributed by atoms with Gasteiger partial charge in [0.15, 0.2) is 0 Å². The molecule has 0 unspecified atom stereocenters. The van der Waals surface area contributed by atoms with Gasteiger partial charge in [0.05, 0.1) is 23.5 Å². The van der Waals surface area contributed by atoms with Crippen molar-refractivity contribution in [2.45, 2.75) is 90.6 Å². The number of aromatic nitrogens is 2. The maximum Gasteiger partial charge on any atom is 0.261 e. The molecule has 0 aliphatic heterocycles. The summed E-state index contributed by atoms with van der Waals surface area (Å²) in [6.45, 7) is 7.31. The number of carbonyl (C=O) groups is 1. The molecule has 1 heterocycles. The van der Waals surface area contributed by atoms with Crippen LogP contribution in [0, 0.1) is 5.92 Å². The fraction of sp³-hybridized carbons (Fsp3) is 0.475. The Morgan fingerprint density at radius 3 is 2.08 bits per heavy atom. The topological polar surface area (TPSA) is 67.2 Å². The van der Waals surface area contributed by atoms with Crippen LogP contribution < -0.4 is 10.9 Å². The number of nitrogens with zero attached hydrogens (tertiary/aromatic N) is 3. The highest BCUT2D eigenvalue weighted by Crippen LogP contribution is 2.30. The number of hydrogen-bond donors (Lipinski definition) is 1. The number of fused-ring (bicyclic) bond motifs is 1. The van der Waals surface area contributed by atoms with E-state index in [4.69, 9.17) is 16.6 Å². The van der Waals surface area contributed by atoms with E-state index < -0.39 is 0 Å². The molecule has 4 rings (SSSR count). The Hall–Kier alpha value is -3.00. The number of carbonyl (C=O) groups excluding carboxylic acids is 1. The first-order valence-corrected chi connectivity index (χ1v) is 19.3. The molecule has 1 N–H and O–H groups in total. The molecule has 258 valence electrons. The van der Waals surface area contributed by atoms with Crippen molar-refractivity contribution in [2.75, 3.05) is 25.0 Å². The van der Waals surface area contributed by atoms with E-state index >= 15 is 0 Å². The predicted molar refractivity (Wildman–Crippen MR) is 204 cm³/mol. The zero-order valence-corrected chi connectivity index (χ0v) is 31.0. The van der Waals surface area contributed by atoms with Gasteiger partial charge in [0, 0.05) is 22.5 Å². The van der Waals surface area contributed by atoms with E-state index in [9.17, 15) is 9.59 Å². The van der Waals surface area contributed by atoms with Crippen LogP contribution >= 0.6 is 27.5 Å². The summed E-state index contributed by atoms with van der Waals surface area (Å²) < 4.78 is 1.89. The van der Waals surface area contributed by atoms with Crippen LogP contribution in [-0.2, 0) is 6.54 Å². The molecule has 0 spiro atoms. The molecule has 0 saturated carbocycles. The van der Waals surface area contributed by atoms with E-state index in [0.29, 0.717) is 34.6 Å². The number of halogens is 2. The third kappa shape index (κ3) is 11.6. The molecule has 48 heavy (non-hydrogen) atoms. The van der Waals surface area contributed by atoms with Crippen molar-refractivity contribution in [1.29, 1.82) is 0 Å². The summed E-state index contributed by atoms with van der Waals surface area (Å²) in [5.41, 5.74) is 2.35. The number of unbranched alkanes of at least 4 members (excludes halogenated alkanes) is 8. The molecule has 0 bridgehead atoms. The lowest BCUT2D eigenvalue weighted by Crippen LogP contribution is -2.39. The van der Waals surface area contributed by atoms with Gasteiger partial charge in [-0.1, -0.05) is 128 Å². The van der Waals surface area contributed by atoms with E-state index in [-0.39, 0.29) is 23.4 Å². The number of alkyl halides is 1. The molecule has 1 amide bonds. The zero-order valence-electron chi connectivity index (χ0n) is 28.7. The maximum atomic E-state index is 14.1. The van der Waals surface area contributed by atoms with E-state index in [1.807, 2.05) is 59.2 Å². The number of nitrogens with one attached hydrogen (secondary N) is 1.